The summed E-state index contributed by atoms with van der Waals surface area (Å²) in [5.74, 6) is -0.726. The maximum atomic E-state index is 12.8. The topological polar surface area (TPSA) is 138 Å². The largest absolute Gasteiger partial charge is 0.445 e. The van der Waals surface area contributed by atoms with Crippen LogP contribution in [0.3, 0.4) is 0 Å². The average Bonchev–Trinajstić information content (AvgIpc) is 3.68. The van der Waals surface area contributed by atoms with Crippen molar-refractivity contribution in [1.29, 1.82) is 0 Å². The maximum absolute atomic E-state index is 12.8. The molecule has 3 amide bonds. The van der Waals surface area contributed by atoms with Gasteiger partial charge in [-0.05, 0) is 69.1 Å². The van der Waals surface area contributed by atoms with Crippen LogP contribution in [0.4, 0.5) is 4.79 Å². The standard InChI is InChI=1S/C27H40N6O4S/c1-33(2)13-4-3-8-23(26(35)30-12-11-29-20-9-10-22(28)24(38)15-20)32-25(34)16-31-27(36)37-17-19-7-5-6-18-14-21(18)19/h5-7,9-10,22-24,38H,3-4,8,11-17,28H2,1-2H3,(H,30,35)(H,31,36)(H,32,34). The number of alkyl carbamates (subject to hydrolysis) is 1. The van der Waals surface area contributed by atoms with Crippen molar-refractivity contribution in [2.24, 2.45) is 10.7 Å². The third-order valence-electron chi connectivity index (χ3n) is 6.46. The van der Waals surface area contributed by atoms with Gasteiger partial charge in [-0.25, -0.2) is 4.79 Å². The number of carbonyl (C=O) groups is 3. The number of nitrogens with one attached hydrogen (secondary N) is 3. The number of carbonyl (C=O) groups excluding carboxylic acids is 3. The fraction of sp³-hybridized carbons (Fsp3) is 0.556. The van der Waals surface area contributed by atoms with Gasteiger partial charge in [0, 0.05) is 30.0 Å². The third-order valence-corrected chi connectivity index (χ3v) is 6.99. The second-order valence-electron chi connectivity index (χ2n) is 9.95. The van der Waals surface area contributed by atoms with E-state index in [-0.39, 0.29) is 30.4 Å². The molecule has 0 aliphatic heterocycles. The summed E-state index contributed by atoms with van der Waals surface area (Å²) in [5, 5.41) is 8.10. The van der Waals surface area contributed by atoms with Crippen LogP contribution in [0.5, 0.6) is 0 Å². The first-order valence-electron chi connectivity index (χ1n) is 13.1. The van der Waals surface area contributed by atoms with Crippen molar-refractivity contribution in [3.05, 3.63) is 47.0 Å². The smallest absolute Gasteiger partial charge is 0.407 e. The van der Waals surface area contributed by atoms with E-state index in [4.69, 9.17) is 10.5 Å². The van der Waals surface area contributed by atoms with Gasteiger partial charge in [0.25, 0.3) is 0 Å². The van der Waals surface area contributed by atoms with Crippen LogP contribution in [0, 0.1) is 0 Å². The summed E-state index contributed by atoms with van der Waals surface area (Å²) in [4.78, 5) is 44.0. The lowest BCUT2D eigenvalue weighted by atomic mass is 10.0. The monoisotopic (exact) mass is 544 g/mol. The van der Waals surface area contributed by atoms with Crippen LogP contribution in [0.15, 0.2) is 35.3 Å². The van der Waals surface area contributed by atoms with Gasteiger partial charge >= 0.3 is 6.09 Å². The van der Waals surface area contributed by atoms with Gasteiger partial charge in [0.15, 0.2) is 0 Å². The quantitative estimate of drug-likeness (QED) is 0.179. The molecule has 1 aromatic carbocycles. The van der Waals surface area contributed by atoms with Gasteiger partial charge in [0.2, 0.25) is 11.8 Å². The molecule has 0 aromatic heterocycles. The van der Waals surface area contributed by atoms with E-state index in [1.54, 1.807) is 0 Å². The van der Waals surface area contributed by atoms with Gasteiger partial charge in [0.1, 0.15) is 19.2 Å². The van der Waals surface area contributed by atoms with Crippen molar-refractivity contribution in [1.82, 2.24) is 20.9 Å². The first-order chi connectivity index (χ1) is 18.2. The molecule has 5 N–H and O–H groups in total. The lowest BCUT2D eigenvalue weighted by Gasteiger charge is -2.21. The molecule has 0 spiro atoms. The first-order valence-corrected chi connectivity index (χ1v) is 13.6. The van der Waals surface area contributed by atoms with Gasteiger partial charge in [-0.1, -0.05) is 24.3 Å². The SMILES string of the molecule is CN(C)CCCCC(NC(=O)CNC(=O)OCc1cccc2c1C2)C(=O)NCCN=C1C=CC(N)C(S)C1. The Morgan fingerprint density at radius 2 is 2.05 bits per heavy atom. The molecule has 10 nitrogen and oxygen atoms in total. The van der Waals surface area contributed by atoms with Crippen molar-refractivity contribution < 1.29 is 19.1 Å². The number of aliphatic imine (C=N–C) groups is 1. The number of hydrogen-bond donors (Lipinski definition) is 5. The Kier molecular flexibility index (Phi) is 11.6. The molecule has 3 atom stereocenters. The molecule has 11 heteroatoms. The molecule has 2 aliphatic rings. The Labute approximate surface area is 230 Å². The predicted molar refractivity (Wildman–Crippen MR) is 152 cm³/mol. The van der Waals surface area contributed by atoms with Gasteiger partial charge in [-0.3, -0.25) is 14.6 Å². The highest BCUT2D eigenvalue weighted by Gasteiger charge is 2.22. The van der Waals surface area contributed by atoms with Crippen LogP contribution < -0.4 is 21.7 Å². The van der Waals surface area contributed by atoms with Crippen LogP contribution >= 0.6 is 12.6 Å². The second kappa shape index (κ2) is 14.9. The number of nitrogens with two attached hydrogens (primary N) is 1. The summed E-state index contributed by atoms with van der Waals surface area (Å²) in [6.45, 7) is 1.54. The Hall–Kier alpha value is -2.89. The Bertz CT molecular complexity index is 1040. The van der Waals surface area contributed by atoms with Crippen molar-refractivity contribution in [3.8, 4) is 0 Å². The normalized spacial score (nSPS) is 19.6. The zero-order valence-corrected chi connectivity index (χ0v) is 23.1. The van der Waals surface area contributed by atoms with E-state index in [9.17, 15) is 14.4 Å². The van der Waals surface area contributed by atoms with Crippen LogP contribution in [0.1, 0.15) is 42.4 Å². The highest BCUT2D eigenvalue weighted by Crippen LogP contribution is 2.31. The number of hydrogen-bond acceptors (Lipinski definition) is 8. The molecular weight excluding hydrogens is 504 g/mol. The Balaban J connectivity index is 1.41. The fourth-order valence-corrected chi connectivity index (χ4v) is 4.45. The minimum atomic E-state index is -0.705. The molecule has 0 bridgehead atoms. The molecule has 0 heterocycles. The van der Waals surface area contributed by atoms with Crippen molar-refractivity contribution >= 4 is 36.2 Å². The van der Waals surface area contributed by atoms with Gasteiger partial charge in [0.05, 0.1) is 6.54 Å². The lowest BCUT2D eigenvalue weighted by molar-refractivity contribution is -0.128. The van der Waals surface area contributed by atoms with Gasteiger partial charge < -0.3 is 31.3 Å². The number of nitrogens with zero attached hydrogens (tertiary/aromatic N) is 2. The number of allylic oxidation sites excluding steroid dienone is 1. The number of thiol groups is 1. The summed E-state index contributed by atoms with van der Waals surface area (Å²) < 4.78 is 5.23. The van der Waals surface area contributed by atoms with Gasteiger partial charge in [-0.2, -0.15) is 12.6 Å². The van der Waals surface area contributed by atoms with Crippen LogP contribution in [-0.2, 0) is 27.4 Å². The van der Waals surface area contributed by atoms with Crippen LogP contribution in [-0.4, -0.2) is 86.1 Å². The fourth-order valence-electron chi connectivity index (χ4n) is 4.17. The predicted octanol–water partition coefficient (Wildman–Crippen LogP) is 1.18. The lowest BCUT2D eigenvalue weighted by Crippen LogP contribution is -2.50. The van der Waals surface area contributed by atoms with Crippen LogP contribution in [0.25, 0.3) is 0 Å². The first kappa shape index (κ1) is 29.7. The molecule has 38 heavy (non-hydrogen) atoms. The third kappa shape index (κ3) is 10.1. The second-order valence-corrected chi connectivity index (χ2v) is 10.6. The molecule has 0 fully saturated rings. The molecule has 2 aliphatic carbocycles. The molecule has 0 radical (unpaired) electrons. The molecule has 0 saturated carbocycles. The Morgan fingerprint density at radius 1 is 1.24 bits per heavy atom. The minimum Gasteiger partial charge on any atom is -0.445 e. The van der Waals surface area contributed by atoms with Gasteiger partial charge in [-0.15, -0.1) is 0 Å². The van der Waals surface area contributed by atoms with E-state index < -0.39 is 18.0 Å². The molecule has 1 aromatic rings. The van der Waals surface area contributed by atoms with E-state index >= 15 is 0 Å². The van der Waals surface area contributed by atoms with E-state index in [0.717, 1.165) is 37.1 Å². The number of unbranched alkanes of at least 4 members (excludes halogenated alkanes) is 1. The summed E-state index contributed by atoms with van der Waals surface area (Å²) in [6, 6.07) is 5.12. The molecule has 208 valence electrons. The molecule has 3 rings (SSSR count). The maximum Gasteiger partial charge on any atom is 0.407 e. The molecule has 0 saturated heterocycles. The number of benzene rings is 1. The van der Waals surface area contributed by atoms with E-state index in [1.165, 1.54) is 11.1 Å². The van der Waals surface area contributed by atoms with Crippen LogP contribution in [0.2, 0.25) is 0 Å². The number of fused-ring (bicyclic) bond motifs is 1. The van der Waals surface area contributed by atoms with E-state index in [2.05, 4.69) is 38.5 Å². The Morgan fingerprint density at radius 3 is 2.82 bits per heavy atom. The highest BCUT2D eigenvalue weighted by atomic mass is 32.1. The van der Waals surface area contributed by atoms with Crippen molar-refractivity contribution in [2.45, 2.75) is 56.0 Å². The number of ether oxygens (including phenoxy) is 1. The number of amides is 3. The zero-order valence-electron chi connectivity index (χ0n) is 22.2. The van der Waals surface area contributed by atoms with E-state index in [0.29, 0.717) is 25.9 Å². The van der Waals surface area contributed by atoms with Crippen molar-refractivity contribution in [2.75, 3.05) is 40.3 Å². The summed E-state index contributed by atoms with van der Waals surface area (Å²) in [6.07, 6.45) is 6.88. The molecular formula is C27H40N6O4S. The summed E-state index contributed by atoms with van der Waals surface area (Å²) in [7, 11) is 3.98. The zero-order chi connectivity index (χ0) is 27.5. The number of rotatable bonds is 14. The summed E-state index contributed by atoms with van der Waals surface area (Å²) >= 11 is 4.47. The molecule has 3 unspecified atom stereocenters. The minimum absolute atomic E-state index is 0.0333. The van der Waals surface area contributed by atoms with E-state index in [1.807, 2.05) is 44.4 Å². The van der Waals surface area contributed by atoms with Crippen molar-refractivity contribution in [3.63, 3.8) is 0 Å². The highest BCUT2D eigenvalue weighted by molar-refractivity contribution is 7.81. The summed E-state index contributed by atoms with van der Waals surface area (Å²) in [5.41, 5.74) is 10.3. The average molecular weight is 545 g/mol.